The number of fused-ring (bicyclic) bond motifs is 1. The van der Waals surface area contributed by atoms with Gasteiger partial charge in [-0.25, -0.2) is 18.2 Å². The molecular weight excluding hydrogens is 530 g/mol. The minimum atomic E-state index is -4.08. The van der Waals surface area contributed by atoms with E-state index in [1.54, 1.807) is 49.4 Å². The minimum absolute atomic E-state index is 0.0620. The van der Waals surface area contributed by atoms with Crippen molar-refractivity contribution in [3.05, 3.63) is 94.8 Å². The Bertz CT molecular complexity index is 1580. The van der Waals surface area contributed by atoms with Gasteiger partial charge in [0.05, 0.1) is 10.5 Å². The molecule has 1 saturated heterocycles. The Morgan fingerprint density at radius 1 is 0.925 bits per heavy atom. The molecule has 1 fully saturated rings. The summed E-state index contributed by atoms with van der Waals surface area (Å²) in [6.07, 6.45) is 0. The molecule has 2 aliphatic heterocycles. The number of benzene rings is 2. The van der Waals surface area contributed by atoms with Crippen LogP contribution in [0.5, 0.6) is 0 Å². The zero-order chi connectivity index (χ0) is 28.4. The van der Waals surface area contributed by atoms with Crippen LogP contribution >= 0.6 is 0 Å². The lowest BCUT2D eigenvalue weighted by Crippen LogP contribution is -2.43. The predicted octanol–water partition coefficient (Wildman–Crippen LogP) is 2.94. The van der Waals surface area contributed by atoms with E-state index in [0.717, 1.165) is 42.6 Å². The van der Waals surface area contributed by atoms with E-state index in [0.29, 0.717) is 5.69 Å². The van der Waals surface area contributed by atoms with Gasteiger partial charge < -0.3 is 15.0 Å². The second kappa shape index (κ2) is 11.2. The Kier molecular flexibility index (Phi) is 7.70. The number of carbonyl (C=O) groups excluding carboxylic acids is 2. The van der Waals surface area contributed by atoms with Gasteiger partial charge in [-0.1, -0.05) is 30.3 Å². The van der Waals surface area contributed by atoms with Gasteiger partial charge in [-0.05, 0) is 55.9 Å². The van der Waals surface area contributed by atoms with E-state index in [1.807, 2.05) is 12.1 Å². The Morgan fingerprint density at radius 3 is 2.33 bits per heavy atom. The van der Waals surface area contributed by atoms with Crippen LogP contribution in [-0.2, 0) is 26.1 Å². The maximum absolute atomic E-state index is 13.5. The standard InChI is InChI=1S/C29H31N5O5S/c1-20-7-6-10-25(30-20)31-28(35)26-27(23-8-4-5-9-24(23)40(37,38)33(26)3)39-29(36)22-13-11-21(12-14-22)19-34-17-15-32(2)16-18-34/h4-14H,15-19H2,1-3H3,(H,30,31,35). The van der Waals surface area contributed by atoms with Crippen molar-refractivity contribution in [1.82, 2.24) is 19.1 Å². The van der Waals surface area contributed by atoms with Gasteiger partial charge in [0.25, 0.3) is 15.9 Å². The fourth-order valence-electron chi connectivity index (χ4n) is 4.72. The molecule has 1 aromatic heterocycles. The molecule has 0 spiro atoms. The molecule has 2 aliphatic rings. The van der Waals surface area contributed by atoms with Crippen molar-refractivity contribution >= 4 is 33.5 Å². The fourth-order valence-corrected chi connectivity index (χ4v) is 6.11. The summed E-state index contributed by atoms with van der Waals surface area (Å²) in [6.45, 7) is 6.54. The second-order valence-electron chi connectivity index (χ2n) is 9.93. The highest BCUT2D eigenvalue weighted by Crippen LogP contribution is 2.37. The number of aryl methyl sites for hydroxylation is 1. The molecule has 0 saturated carbocycles. The number of rotatable bonds is 6. The van der Waals surface area contributed by atoms with Crippen LogP contribution in [0.3, 0.4) is 0 Å². The third-order valence-corrected chi connectivity index (χ3v) is 8.85. The van der Waals surface area contributed by atoms with Crippen LogP contribution in [0.4, 0.5) is 5.82 Å². The molecule has 2 aromatic carbocycles. The van der Waals surface area contributed by atoms with Crippen LogP contribution in [0, 0.1) is 6.92 Å². The summed E-state index contributed by atoms with van der Waals surface area (Å²) in [5.41, 5.74) is 1.83. The van der Waals surface area contributed by atoms with Gasteiger partial charge in [0.2, 0.25) is 0 Å². The number of anilines is 1. The first-order valence-corrected chi connectivity index (χ1v) is 14.4. The zero-order valence-electron chi connectivity index (χ0n) is 22.6. The van der Waals surface area contributed by atoms with Gasteiger partial charge in [-0.3, -0.25) is 14.0 Å². The summed E-state index contributed by atoms with van der Waals surface area (Å²) in [5.74, 6) is -1.39. The maximum Gasteiger partial charge on any atom is 0.343 e. The number of hydrogen-bond donors (Lipinski definition) is 1. The number of esters is 1. The second-order valence-corrected chi connectivity index (χ2v) is 11.9. The molecule has 0 aliphatic carbocycles. The first-order chi connectivity index (χ1) is 19.1. The summed E-state index contributed by atoms with van der Waals surface area (Å²) >= 11 is 0. The molecule has 0 unspecified atom stereocenters. The molecule has 1 N–H and O–H groups in total. The first-order valence-electron chi connectivity index (χ1n) is 12.9. The SMILES string of the molecule is Cc1cccc(NC(=O)C2=C(OC(=O)c3ccc(CN4CCN(C)CC4)cc3)c3ccccc3S(=O)(=O)N2C)n1. The normalized spacial score (nSPS) is 17.3. The Balaban J connectivity index is 1.45. The van der Waals surface area contributed by atoms with Crippen molar-refractivity contribution in [2.45, 2.75) is 18.4 Å². The molecule has 5 rings (SSSR count). The van der Waals surface area contributed by atoms with E-state index in [-0.39, 0.29) is 33.3 Å². The topological polar surface area (TPSA) is 112 Å². The summed E-state index contributed by atoms with van der Waals surface area (Å²) in [7, 11) is -0.711. The van der Waals surface area contributed by atoms with Crippen LogP contribution in [0.2, 0.25) is 0 Å². The number of pyridine rings is 1. The van der Waals surface area contributed by atoms with Crippen molar-refractivity contribution in [2.75, 3.05) is 45.6 Å². The van der Waals surface area contributed by atoms with Gasteiger partial charge >= 0.3 is 5.97 Å². The molecule has 10 nitrogen and oxygen atoms in total. The van der Waals surface area contributed by atoms with Crippen molar-refractivity contribution < 1.29 is 22.7 Å². The monoisotopic (exact) mass is 561 g/mol. The van der Waals surface area contributed by atoms with Gasteiger partial charge in [-0.15, -0.1) is 0 Å². The lowest BCUT2D eigenvalue weighted by Gasteiger charge is -2.32. The molecule has 0 bridgehead atoms. The van der Waals surface area contributed by atoms with E-state index in [2.05, 4.69) is 27.1 Å². The number of aromatic nitrogens is 1. The van der Waals surface area contributed by atoms with Crippen molar-refractivity contribution in [2.24, 2.45) is 0 Å². The van der Waals surface area contributed by atoms with Crippen LogP contribution in [-0.4, -0.2) is 79.7 Å². The summed E-state index contributed by atoms with van der Waals surface area (Å²) in [4.78, 5) is 35.6. The molecule has 0 atom stereocenters. The van der Waals surface area contributed by atoms with Crippen LogP contribution in [0.15, 0.2) is 77.3 Å². The van der Waals surface area contributed by atoms with Crippen LogP contribution < -0.4 is 5.32 Å². The molecule has 3 heterocycles. The fraction of sp³-hybridized carbons (Fsp3) is 0.276. The molecule has 208 valence electrons. The number of nitrogens with one attached hydrogen (secondary N) is 1. The molecule has 11 heteroatoms. The number of hydrogen-bond acceptors (Lipinski definition) is 8. The zero-order valence-corrected chi connectivity index (χ0v) is 23.4. The first kappa shape index (κ1) is 27.5. The van der Waals surface area contributed by atoms with Gasteiger partial charge in [-0.2, -0.15) is 0 Å². The quantitative estimate of drug-likeness (QED) is 0.458. The highest BCUT2D eigenvalue weighted by atomic mass is 32.2. The van der Waals surface area contributed by atoms with E-state index >= 15 is 0 Å². The Morgan fingerprint density at radius 2 is 1.62 bits per heavy atom. The third-order valence-electron chi connectivity index (χ3n) is 7.03. The van der Waals surface area contributed by atoms with Crippen molar-refractivity contribution in [3.63, 3.8) is 0 Å². The predicted molar refractivity (Wildman–Crippen MR) is 151 cm³/mol. The maximum atomic E-state index is 13.5. The van der Waals surface area contributed by atoms with E-state index in [4.69, 9.17) is 4.74 Å². The highest BCUT2D eigenvalue weighted by Gasteiger charge is 2.39. The number of piperazine rings is 1. The highest BCUT2D eigenvalue weighted by molar-refractivity contribution is 7.89. The van der Waals surface area contributed by atoms with Crippen LogP contribution in [0.25, 0.3) is 5.76 Å². The third kappa shape index (κ3) is 5.62. The Hall–Kier alpha value is -4.06. The lowest BCUT2D eigenvalue weighted by atomic mass is 10.1. The average molecular weight is 562 g/mol. The number of likely N-dealkylation sites (N-methyl/N-ethyl adjacent to an activating group) is 2. The van der Waals surface area contributed by atoms with Gasteiger partial charge in [0.15, 0.2) is 11.5 Å². The molecule has 0 radical (unpaired) electrons. The minimum Gasteiger partial charge on any atom is -0.420 e. The van der Waals surface area contributed by atoms with Crippen molar-refractivity contribution in [1.29, 1.82) is 0 Å². The number of amides is 1. The summed E-state index contributed by atoms with van der Waals surface area (Å²) < 4.78 is 33.2. The summed E-state index contributed by atoms with van der Waals surface area (Å²) in [5, 5.41) is 2.63. The number of sulfonamides is 1. The molecular formula is C29H31N5O5S. The van der Waals surface area contributed by atoms with E-state index in [9.17, 15) is 18.0 Å². The van der Waals surface area contributed by atoms with Gasteiger partial charge in [0, 0.05) is 51.0 Å². The number of carbonyl (C=O) groups is 2. The van der Waals surface area contributed by atoms with Gasteiger partial charge in [0.1, 0.15) is 5.82 Å². The molecule has 1 amide bonds. The number of nitrogens with zero attached hydrogens (tertiary/aromatic N) is 4. The smallest absolute Gasteiger partial charge is 0.343 e. The molecule has 40 heavy (non-hydrogen) atoms. The molecule has 3 aromatic rings. The van der Waals surface area contributed by atoms with Crippen LogP contribution in [0.1, 0.15) is 27.2 Å². The average Bonchev–Trinajstić information content (AvgIpc) is 2.93. The Labute approximate surface area is 233 Å². The summed E-state index contributed by atoms with van der Waals surface area (Å²) in [6, 6.07) is 18.3. The number of ether oxygens (including phenoxy) is 1. The van der Waals surface area contributed by atoms with E-state index in [1.165, 1.54) is 19.2 Å². The largest absolute Gasteiger partial charge is 0.420 e. The van der Waals surface area contributed by atoms with Crippen molar-refractivity contribution in [3.8, 4) is 0 Å². The van der Waals surface area contributed by atoms with E-state index < -0.39 is 21.9 Å². The lowest BCUT2D eigenvalue weighted by molar-refractivity contribution is -0.113.